The van der Waals surface area contributed by atoms with Gasteiger partial charge in [0, 0.05) is 0 Å². The van der Waals surface area contributed by atoms with Gasteiger partial charge in [0.25, 0.3) is 0 Å². The van der Waals surface area contributed by atoms with Crippen LogP contribution in [0.25, 0.3) is 0 Å². The molecule has 3 N–H and O–H groups in total. The third-order valence-corrected chi connectivity index (χ3v) is 4.00. The molecule has 0 aromatic heterocycles. The maximum absolute atomic E-state index is 12.1. The number of nitrogens with two attached hydrogens (primary N) is 1. The molecule has 118 valence electrons. The highest BCUT2D eigenvalue weighted by atomic mass is 19.4. The minimum absolute atomic E-state index is 0.167. The molecule has 1 aromatic carbocycles. The summed E-state index contributed by atoms with van der Waals surface area (Å²) in [5, 5.41) is 10.3. The average Bonchev–Trinajstić information content (AvgIpc) is 2.46. The second kappa shape index (κ2) is 6.66. The second-order valence-electron chi connectivity index (χ2n) is 5.53. The highest BCUT2D eigenvalue weighted by Gasteiger charge is 2.31. The first-order valence-corrected chi connectivity index (χ1v) is 7.16. The van der Waals surface area contributed by atoms with Crippen LogP contribution in [0.4, 0.5) is 13.2 Å². The molecule has 1 aliphatic rings. The molecule has 0 bridgehead atoms. The number of halogens is 3. The fourth-order valence-electron chi connectivity index (χ4n) is 2.86. The molecule has 0 heterocycles. The summed E-state index contributed by atoms with van der Waals surface area (Å²) in [7, 11) is 0. The summed E-state index contributed by atoms with van der Waals surface area (Å²) in [6.45, 7) is 0. The summed E-state index contributed by atoms with van der Waals surface area (Å²) in [6, 6.07) is 4.79. The predicted molar refractivity (Wildman–Crippen MR) is 72.6 cm³/mol. The Bertz CT molecular complexity index is 441. The Balaban J connectivity index is 2.00. The van der Waals surface area contributed by atoms with Crippen molar-refractivity contribution in [2.75, 3.05) is 0 Å². The molecule has 1 fully saturated rings. The van der Waals surface area contributed by atoms with Crippen LogP contribution in [0, 0.1) is 5.92 Å². The standard InChI is InChI=1S/C15H20F3NO2/c16-15(17,18)21-12-8-6-10(7-9-12)13(19)14(20)11-4-2-1-3-5-11/h6-9,11,13-14,20H,1-5,19H2/t13-,14+/m1/s1. The fourth-order valence-corrected chi connectivity index (χ4v) is 2.86. The van der Waals surface area contributed by atoms with Crippen LogP contribution in [0.2, 0.25) is 0 Å². The van der Waals surface area contributed by atoms with E-state index in [2.05, 4.69) is 4.74 Å². The van der Waals surface area contributed by atoms with Crippen LogP contribution in [-0.2, 0) is 0 Å². The monoisotopic (exact) mass is 303 g/mol. The van der Waals surface area contributed by atoms with Crippen molar-refractivity contribution < 1.29 is 23.0 Å². The summed E-state index contributed by atoms with van der Waals surface area (Å²) in [5.74, 6) is -0.120. The van der Waals surface area contributed by atoms with Gasteiger partial charge in [-0.1, -0.05) is 31.4 Å². The first kappa shape index (κ1) is 16.1. The highest BCUT2D eigenvalue weighted by Crippen LogP contribution is 2.32. The molecule has 1 saturated carbocycles. The number of hydrogen-bond acceptors (Lipinski definition) is 3. The van der Waals surface area contributed by atoms with Gasteiger partial charge in [-0.25, -0.2) is 0 Å². The Kier molecular flexibility index (Phi) is 5.11. The van der Waals surface area contributed by atoms with Crippen molar-refractivity contribution >= 4 is 0 Å². The SMILES string of the molecule is N[C@H](c1ccc(OC(F)(F)F)cc1)[C@@H](O)C1CCCCC1. The van der Waals surface area contributed by atoms with Gasteiger partial charge in [-0.15, -0.1) is 13.2 Å². The fraction of sp³-hybridized carbons (Fsp3) is 0.600. The van der Waals surface area contributed by atoms with Gasteiger partial charge in [0.2, 0.25) is 0 Å². The van der Waals surface area contributed by atoms with E-state index in [0.29, 0.717) is 5.56 Å². The molecule has 0 amide bonds. The lowest BCUT2D eigenvalue weighted by Gasteiger charge is -2.30. The maximum atomic E-state index is 12.1. The molecule has 1 aromatic rings. The maximum Gasteiger partial charge on any atom is 0.573 e. The van der Waals surface area contributed by atoms with Crippen LogP contribution >= 0.6 is 0 Å². The topological polar surface area (TPSA) is 55.5 Å². The molecule has 1 aliphatic carbocycles. The number of aliphatic hydroxyl groups excluding tert-OH is 1. The van der Waals surface area contributed by atoms with Gasteiger partial charge in [0.1, 0.15) is 5.75 Å². The number of benzene rings is 1. The Labute approximate surface area is 121 Å². The second-order valence-corrected chi connectivity index (χ2v) is 5.53. The van der Waals surface area contributed by atoms with Gasteiger partial charge >= 0.3 is 6.36 Å². The summed E-state index contributed by atoms with van der Waals surface area (Å²) < 4.78 is 40.1. The quantitative estimate of drug-likeness (QED) is 0.894. The number of hydrogen-bond donors (Lipinski definition) is 2. The van der Waals surface area contributed by atoms with Gasteiger partial charge in [0.05, 0.1) is 12.1 Å². The first-order chi connectivity index (χ1) is 9.87. The molecule has 6 heteroatoms. The van der Waals surface area contributed by atoms with Crippen molar-refractivity contribution in [3.63, 3.8) is 0 Å². The highest BCUT2D eigenvalue weighted by molar-refractivity contribution is 5.29. The molecule has 0 spiro atoms. The van der Waals surface area contributed by atoms with Crippen LogP contribution in [0.15, 0.2) is 24.3 Å². The third kappa shape index (κ3) is 4.61. The van der Waals surface area contributed by atoms with E-state index in [9.17, 15) is 18.3 Å². The van der Waals surface area contributed by atoms with E-state index in [0.717, 1.165) is 25.7 Å². The van der Waals surface area contributed by atoms with Crippen molar-refractivity contribution in [2.24, 2.45) is 11.7 Å². The Morgan fingerprint density at radius 2 is 1.67 bits per heavy atom. The molecular formula is C15H20F3NO2. The average molecular weight is 303 g/mol. The normalized spacial score (nSPS) is 20.0. The van der Waals surface area contributed by atoms with E-state index in [-0.39, 0.29) is 11.7 Å². The van der Waals surface area contributed by atoms with E-state index in [1.807, 2.05) is 0 Å². The minimum atomic E-state index is -4.70. The van der Waals surface area contributed by atoms with Crippen LogP contribution in [-0.4, -0.2) is 17.6 Å². The van der Waals surface area contributed by atoms with E-state index >= 15 is 0 Å². The largest absolute Gasteiger partial charge is 0.573 e. The van der Waals surface area contributed by atoms with Crippen molar-refractivity contribution in [3.05, 3.63) is 29.8 Å². The lowest BCUT2D eigenvalue weighted by molar-refractivity contribution is -0.274. The molecule has 0 radical (unpaired) electrons. The van der Waals surface area contributed by atoms with Crippen LogP contribution in [0.5, 0.6) is 5.75 Å². The zero-order valence-electron chi connectivity index (χ0n) is 11.6. The van der Waals surface area contributed by atoms with Gasteiger partial charge in [-0.2, -0.15) is 0 Å². The van der Waals surface area contributed by atoms with Crippen molar-refractivity contribution in [1.29, 1.82) is 0 Å². The lowest BCUT2D eigenvalue weighted by atomic mass is 9.81. The number of ether oxygens (including phenoxy) is 1. The van der Waals surface area contributed by atoms with E-state index in [1.54, 1.807) is 0 Å². The predicted octanol–water partition coefficient (Wildman–Crippen LogP) is 3.53. The zero-order valence-corrected chi connectivity index (χ0v) is 11.6. The van der Waals surface area contributed by atoms with Gasteiger partial charge in [-0.3, -0.25) is 0 Å². The lowest BCUT2D eigenvalue weighted by Crippen LogP contribution is -2.34. The van der Waals surface area contributed by atoms with Crippen LogP contribution < -0.4 is 10.5 Å². The third-order valence-electron chi connectivity index (χ3n) is 4.00. The van der Waals surface area contributed by atoms with Crippen LogP contribution in [0.1, 0.15) is 43.7 Å². The molecule has 21 heavy (non-hydrogen) atoms. The summed E-state index contributed by atoms with van der Waals surface area (Å²) in [4.78, 5) is 0. The van der Waals surface area contributed by atoms with Gasteiger partial charge in [-0.05, 0) is 36.5 Å². The summed E-state index contributed by atoms with van der Waals surface area (Å²) in [5.41, 5.74) is 6.65. The molecule has 2 atom stereocenters. The van der Waals surface area contributed by atoms with E-state index in [1.165, 1.54) is 30.7 Å². The van der Waals surface area contributed by atoms with Crippen molar-refractivity contribution in [2.45, 2.75) is 50.6 Å². The zero-order chi connectivity index (χ0) is 15.5. The van der Waals surface area contributed by atoms with E-state index in [4.69, 9.17) is 5.73 Å². The van der Waals surface area contributed by atoms with Crippen LogP contribution in [0.3, 0.4) is 0 Å². The molecule has 2 rings (SSSR count). The molecule has 0 saturated heterocycles. The number of aliphatic hydroxyl groups is 1. The van der Waals surface area contributed by atoms with Gasteiger partial charge in [0.15, 0.2) is 0 Å². The molecule has 0 aliphatic heterocycles. The molecule has 3 nitrogen and oxygen atoms in total. The first-order valence-electron chi connectivity index (χ1n) is 7.16. The van der Waals surface area contributed by atoms with Crippen molar-refractivity contribution in [1.82, 2.24) is 0 Å². The van der Waals surface area contributed by atoms with Crippen molar-refractivity contribution in [3.8, 4) is 5.75 Å². The number of alkyl halides is 3. The van der Waals surface area contributed by atoms with Gasteiger partial charge < -0.3 is 15.6 Å². The molecular weight excluding hydrogens is 283 g/mol. The Hall–Kier alpha value is -1.27. The smallest absolute Gasteiger partial charge is 0.406 e. The Morgan fingerprint density at radius 3 is 2.19 bits per heavy atom. The molecule has 0 unspecified atom stereocenters. The Morgan fingerprint density at radius 1 is 1.10 bits per heavy atom. The summed E-state index contributed by atoms with van der Waals surface area (Å²) >= 11 is 0. The van der Waals surface area contributed by atoms with E-state index < -0.39 is 18.5 Å². The summed E-state index contributed by atoms with van der Waals surface area (Å²) in [6.07, 6.45) is -0.110. The number of rotatable bonds is 4. The minimum Gasteiger partial charge on any atom is -0.406 e.